The Balaban J connectivity index is 0.00000261. The Hall–Kier alpha value is -1.44. The van der Waals surface area contributed by atoms with Crippen LogP contribution in [-0.2, 0) is 14.8 Å². The van der Waals surface area contributed by atoms with Gasteiger partial charge in [-0.25, -0.2) is 8.42 Å². The van der Waals surface area contributed by atoms with Crippen LogP contribution in [0.3, 0.4) is 0 Å². The molecule has 0 saturated carbocycles. The van der Waals surface area contributed by atoms with Gasteiger partial charge in [0.25, 0.3) is 0 Å². The van der Waals surface area contributed by atoms with Gasteiger partial charge in [-0.2, -0.15) is 4.31 Å². The Bertz CT molecular complexity index is 807. The lowest BCUT2D eigenvalue weighted by atomic mass is 10.1. The van der Waals surface area contributed by atoms with Crippen molar-refractivity contribution in [2.45, 2.75) is 30.3 Å². The molecule has 27 heavy (non-hydrogen) atoms. The summed E-state index contributed by atoms with van der Waals surface area (Å²) in [4.78, 5) is 0.369. The molecule has 0 spiro atoms. The molecule has 148 valence electrons. The summed E-state index contributed by atoms with van der Waals surface area (Å²) in [6.07, 6.45) is 2.40. The van der Waals surface area contributed by atoms with Crippen LogP contribution in [0.4, 0.5) is 0 Å². The molecule has 0 radical (unpaired) electrons. The van der Waals surface area contributed by atoms with E-state index in [9.17, 15) is 8.42 Å². The molecule has 0 atom stereocenters. The SMILES string of the molecule is Cl.NCCCOC1CCN(S(=O)(=O)c2ccccc2-c2ccccc2)CC1. The molecule has 2 aromatic rings. The molecule has 7 heteroatoms. The van der Waals surface area contributed by atoms with E-state index in [1.54, 1.807) is 16.4 Å². The van der Waals surface area contributed by atoms with E-state index in [0.717, 1.165) is 30.4 Å². The van der Waals surface area contributed by atoms with E-state index < -0.39 is 10.0 Å². The molecule has 2 aromatic carbocycles. The van der Waals surface area contributed by atoms with Crippen LogP contribution in [0, 0.1) is 0 Å². The van der Waals surface area contributed by atoms with Gasteiger partial charge in [-0.15, -0.1) is 12.4 Å². The van der Waals surface area contributed by atoms with Crippen molar-refractivity contribution in [3.63, 3.8) is 0 Å². The van der Waals surface area contributed by atoms with E-state index >= 15 is 0 Å². The second kappa shape index (κ2) is 10.2. The highest BCUT2D eigenvalue weighted by molar-refractivity contribution is 7.89. The lowest BCUT2D eigenvalue weighted by Crippen LogP contribution is -2.41. The second-order valence-corrected chi connectivity index (χ2v) is 8.39. The minimum absolute atomic E-state index is 0. The zero-order valence-electron chi connectivity index (χ0n) is 15.3. The summed E-state index contributed by atoms with van der Waals surface area (Å²) in [7, 11) is -3.53. The van der Waals surface area contributed by atoms with Crippen LogP contribution >= 0.6 is 12.4 Å². The van der Waals surface area contributed by atoms with Gasteiger partial charge in [0, 0.05) is 25.3 Å². The molecule has 5 nitrogen and oxygen atoms in total. The summed E-state index contributed by atoms with van der Waals surface area (Å²) in [5, 5.41) is 0. The van der Waals surface area contributed by atoms with Gasteiger partial charge in [-0.1, -0.05) is 48.5 Å². The summed E-state index contributed by atoms with van der Waals surface area (Å²) in [5.74, 6) is 0. The normalized spacial score (nSPS) is 16.0. The van der Waals surface area contributed by atoms with Crippen molar-refractivity contribution in [2.75, 3.05) is 26.2 Å². The molecule has 0 unspecified atom stereocenters. The monoisotopic (exact) mass is 410 g/mol. The average molecular weight is 411 g/mol. The lowest BCUT2D eigenvalue weighted by Gasteiger charge is -2.31. The van der Waals surface area contributed by atoms with Crippen LogP contribution in [-0.4, -0.2) is 45.1 Å². The number of hydrogen-bond acceptors (Lipinski definition) is 4. The number of nitrogens with zero attached hydrogens (tertiary/aromatic N) is 1. The topological polar surface area (TPSA) is 72.6 Å². The van der Waals surface area contributed by atoms with Crippen LogP contribution in [0.1, 0.15) is 19.3 Å². The number of nitrogens with two attached hydrogens (primary N) is 1. The Kier molecular flexibility index (Phi) is 8.26. The Labute approximate surface area is 168 Å². The summed E-state index contributed by atoms with van der Waals surface area (Å²) in [5.41, 5.74) is 7.14. The summed E-state index contributed by atoms with van der Waals surface area (Å²) < 4.78 is 33.8. The van der Waals surface area contributed by atoms with Crippen molar-refractivity contribution >= 4 is 22.4 Å². The minimum atomic E-state index is -3.53. The number of ether oxygens (including phenoxy) is 1. The van der Waals surface area contributed by atoms with Crippen LogP contribution in [0.25, 0.3) is 11.1 Å². The van der Waals surface area contributed by atoms with Gasteiger partial charge in [0.15, 0.2) is 0 Å². The molecular formula is C20H27ClN2O3S. The number of sulfonamides is 1. The third-order valence-corrected chi connectivity index (χ3v) is 6.65. The van der Waals surface area contributed by atoms with Crippen molar-refractivity contribution in [1.82, 2.24) is 4.31 Å². The van der Waals surface area contributed by atoms with E-state index in [2.05, 4.69) is 0 Å². The van der Waals surface area contributed by atoms with Gasteiger partial charge < -0.3 is 10.5 Å². The summed E-state index contributed by atoms with van der Waals surface area (Å²) in [6.45, 7) is 2.23. The first-order valence-corrected chi connectivity index (χ1v) is 10.5. The highest BCUT2D eigenvalue weighted by Gasteiger charge is 2.31. The molecule has 1 aliphatic rings. The molecule has 3 rings (SSSR count). The van der Waals surface area contributed by atoms with Crippen molar-refractivity contribution in [3.8, 4) is 11.1 Å². The molecule has 0 aromatic heterocycles. The van der Waals surface area contributed by atoms with Crippen LogP contribution in [0.15, 0.2) is 59.5 Å². The first-order valence-electron chi connectivity index (χ1n) is 9.09. The summed E-state index contributed by atoms with van der Waals surface area (Å²) in [6, 6.07) is 16.9. The fourth-order valence-electron chi connectivity index (χ4n) is 3.26. The summed E-state index contributed by atoms with van der Waals surface area (Å²) >= 11 is 0. The molecule has 0 amide bonds. The molecule has 0 bridgehead atoms. The van der Waals surface area contributed by atoms with Gasteiger partial charge in [0.2, 0.25) is 10.0 Å². The molecule has 0 aliphatic carbocycles. The van der Waals surface area contributed by atoms with Crippen molar-refractivity contribution in [3.05, 3.63) is 54.6 Å². The zero-order chi connectivity index (χ0) is 18.4. The quantitative estimate of drug-likeness (QED) is 0.711. The molecule has 1 aliphatic heterocycles. The first kappa shape index (κ1) is 21.9. The Morgan fingerprint density at radius 3 is 2.30 bits per heavy atom. The van der Waals surface area contributed by atoms with E-state index in [0.29, 0.717) is 31.1 Å². The maximum Gasteiger partial charge on any atom is 0.243 e. The molecule has 1 saturated heterocycles. The number of piperidine rings is 1. The third-order valence-electron chi connectivity index (χ3n) is 4.69. The smallest absolute Gasteiger partial charge is 0.243 e. The Morgan fingerprint density at radius 2 is 1.63 bits per heavy atom. The predicted octanol–water partition coefficient (Wildman–Crippen LogP) is 3.29. The first-order chi connectivity index (χ1) is 12.6. The van der Waals surface area contributed by atoms with Gasteiger partial charge in [0.05, 0.1) is 11.0 Å². The van der Waals surface area contributed by atoms with E-state index in [1.165, 1.54) is 0 Å². The lowest BCUT2D eigenvalue weighted by molar-refractivity contribution is 0.0209. The second-order valence-electron chi connectivity index (χ2n) is 6.48. The average Bonchev–Trinajstić information content (AvgIpc) is 2.69. The highest BCUT2D eigenvalue weighted by Crippen LogP contribution is 2.30. The number of halogens is 1. The van der Waals surface area contributed by atoms with Gasteiger partial charge in [-0.3, -0.25) is 0 Å². The van der Waals surface area contributed by atoms with Crippen LogP contribution in [0.5, 0.6) is 0 Å². The van der Waals surface area contributed by atoms with Crippen molar-refractivity contribution in [2.24, 2.45) is 5.73 Å². The molecule has 2 N–H and O–H groups in total. The molecule has 1 fully saturated rings. The zero-order valence-corrected chi connectivity index (χ0v) is 16.9. The van der Waals surface area contributed by atoms with Crippen LogP contribution in [0.2, 0.25) is 0 Å². The third kappa shape index (κ3) is 5.30. The van der Waals surface area contributed by atoms with Crippen LogP contribution < -0.4 is 5.73 Å². The van der Waals surface area contributed by atoms with E-state index in [4.69, 9.17) is 10.5 Å². The number of hydrogen-bond donors (Lipinski definition) is 1. The van der Waals surface area contributed by atoms with Gasteiger partial charge in [0.1, 0.15) is 0 Å². The largest absolute Gasteiger partial charge is 0.378 e. The van der Waals surface area contributed by atoms with Gasteiger partial charge >= 0.3 is 0 Å². The van der Waals surface area contributed by atoms with E-state index in [-0.39, 0.29) is 18.5 Å². The van der Waals surface area contributed by atoms with E-state index in [1.807, 2.05) is 42.5 Å². The fraction of sp³-hybridized carbons (Fsp3) is 0.400. The molecule has 1 heterocycles. The Morgan fingerprint density at radius 1 is 1.00 bits per heavy atom. The number of benzene rings is 2. The van der Waals surface area contributed by atoms with Crippen molar-refractivity contribution < 1.29 is 13.2 Å². The predicted molar refractivity (Wildman–Crippen MR) is 111 cm³/mol. The van der Waals surface area contributed by atoms with Gasteiger partial charge in [-0.05, 0) is 37.4 Å². The maximum absolute atomic E-state index is 13.2. The number of rotatable bonds is 7. The minimum Gasteiger partial charge on any atom is -0.378 e. The molecular weight excluding hydrogens is 384 g/mol. The van der Waals surface area contributed by atoms with Crippen molar-refractivity contribution in [1.29, 1.82) is 0 Å². The fourth-order valence-corrected chi connectivity index (χ4v) is 4.94. The standard InChI is InChI=1S/C20H26N2O3S.ClH/c21-13-6-16-25-18-11-14-22(15-12-18)26(23,24)20-10-5-4-9-19(20)17-7-2-1-3-8-17;/h1-5,7-10,18H,6,11-16,21H2;1H. The highest BCUT2D eigenvalue weighted by atomic mass is 35.5. The maximum atomic E-state index is 13.2.